The van der Waals surface area contributed by atoms with E-state index in [4.69, 9.17) is 5.11 Å². The number of hydrogen-bond donors (Lipinski definition) is 2. The Kier molecular flexibility index (Phi) is 6.27. The number of ether oxygens (including phenoxy) is 1. The van der Waals surface area contributed by atoms with E-state index in [0.717, 1.165) is 12.8 Å². The summed E-state index contributed by atoms with van der Waals surface area (Å²) in [6, 6.07) is -1.47. The van der Waals surface area contributed by atoms with E-state index < -0.39 is 24.0 Å². The smallest absolute Gasteiger partial charge is 0.326 e. The summed E-state index contributed by atoms with van der Waals surface area (Å²) in [5, 5.41) is 11.5. The Balaban J connectivity index is 2.47. The summed E-state index contributed by atoms with van der Waals surface area (Å²) in [6.45, 7) is 3.05. The van der Waals surface area contributed by atoms with Crippen LogP contribution in [0.2, 0.25) is 0 Å². The van der Waals surface area contributed by atoms with Crippen LogP contribution in [0, 0.1) is 5.92 Å². The fourth-order valence-corrected chi connectivity index (χ4v) is 1.83. The van der Waals surface area contributed by atoms with E-state index in [-0.39, 0.29) is 12.8 Å². The first-order valence-electron chi connectivity index (χ1n) is 6.83. The molecule has 0 aromatic rings. The van der Waals surface area contributed by atoms with Gasteiger partial charge in [0.1, 0.15) is 6.04 Å². The fraction of sp³-hybridized carbons (Fsp3) is 0.769. The molecule has 1 atom stereocenters. The van der Waals surface area contributed by atoms with Crippen molar-refractivity contribution in [2.24, 2.45) is 5.92 Å². The lowest BCUT2D eigenvalue weighted by molar-refractivity contribution is -0.142. The van der Waals surface area contributed by atoms with Crippen LogP contribution in [0.4, 0.5) is 4.79 Å². The zero-order valence-corrected chi connectivity index (χ0v) is 11.9. The Morgan fingerprint density at radius 1 is 1.40 bits per heavy atom. The van der Waals surface area contributed by atoms with Gasteiger partial charge in [0.15, 0.2) is 0 Å². The number of nitrogens with one attached hydrogen (secondary N) is 1. The zero-order chi connectivity index (χ0) is 15.1. The Morgan fingerprint density at radius 3 is 2.50 bits per heavy atom. The highest BCUT2D eigenvalue weighted by Crippen LogP contribution is 2.29. The van der Waals surface area contributed by atoms with Crippen LogP contribution in [0.5, 0.6) is 0 Å². The summed E-state index contributed by atoms with van der Waals surface area (Å²) in [5.74, 6) is -1.10. The number of carboxylic acids is 1. The molecule has 2 amide bonds. The van der Waals surface area contributed by atoms with Gasteiger partial charge in [-0.1, -0.05) is 0 Å². The topological polar surface area (TPSA) is 95.9 Å². The molecule has 7 nitrogen and oxygen atoms in total. The lowest BCUT2D eigenvalue weighted by Gasteiger charge is -2.23. The number of aliphatic carboxylic acids is 1. The third-order valence-electron chi connectivity index (χ3n) is 3.31. The maximum absolute atomic E-state index is 12.0. The lowest BCUT2D eigenvalue weighted by Crippen LogP contribution is -2.48. The van der Waals surface area contributed by atoms with Gasteiger partial charge in [0, 0.05) is 19.5 Å². The van der Waals surface area contributed by atoms with Crippen LogP contribution in [0.3, 0.4) is 0 Å². The molecule has 0 bridgehead atoms. The largest absolute Gasteiger partial charge is 0.480 e. The number of amides is 2. The molecular weight excluding hydrogens is 264 g/mol. The second-order valence-electron chi connectivity index (χ2n) is 4.94. The van der Waals surface area contributed by atoms with Crippen LogP contribution in [-0.4, -0.2) is 54.2 Å². The first kappa shape index (κ1) is 16.3. The molecule has 0 aromatic carbocycles. The molecule has 0 aliphatic heterocycles. The maximum Gasteiger partial charge on any atom is 0.326 e. The molecule has 1 rings (SSSR count). The maximum atomic E-state index is 12.0. The summed E-state index contributed by atoms with van der Waals surface area (Å²) in [5.41, 5.74) is 0. The van der Waals surface area contributed by atoms with E-state index in [1.54, 1.807) is 4.90 Å². The SMILES string of the molecule is CCN(CC1CC1)C(=O)N[C@H](CCC(=O)OC)C(=O)O. The van der Waals surface area contributed by atoms with E-state index in [2.05, 4.69) is 10.1 Å². The summed E-state index contributed by atoms with van der Waals surface area (Å²) in [7, 11) is 1.24. The number of esters is 1. The van der Waals surface area contributed by atoms with Crippen LogP contribution in [-0.2, 0) is 14.3 Å². The average molecular weight is 286 g/mol. The molecule has 1 aliphatic carbocycles. The van der Waals surface area contributed by atoms with Gasteiger partial charge in [-0.3, -0.25) is 4.79 Å². The molecule has 7 heteroatoms. The first-order chi connectivity index (χ1) is 9.47. The Hall–Kier alpha value is -1.79. The number of hydrogen-bond acceptors (Lipinski definition) is 4. The molecule has 0 heterocycles. The van der Waals surface area contributed by atoms with Crippen molar-refractivity contribution < 1.29 is 24.2 Å². The Bertz CT molecular complexity index is 368. The van der Waals surface area contributed by atoms with Crippen molar-refractivity contribution >= 4 is 18.0 Å². The second kappa shape index (κ2) is 7.72. The summed E-state index contributed by atoms with van der Waals surface area (Å²) in [4.78, 5) is 35.7. The molecule has 1 fully saturated rings. The van der Waals surface area contributed by atoms with Crippen molar-refractivity contribution in [3.63, 3.8) is 0 Å². The number of carbonyl (C=O) groups is 3. The molecule has 0 radical (unpaired) electrons. The number of urea groups is 1. The van der Waals surface area contributed by atoms with Crippen molar-refractivity contribution in [3.8, 4) is 0 Å². The zero-order valence-electron chi connectivity index (χ0n) is 11.9. The van der Waals surface area contributed by atoms with Gasteiger partial charge in [0.2, 0.25) is 0 Å². The standard InChI is InChI=1S/C13H22N2O5/c1-3-15(8-9-4-5-9)13(19)14-10(12(17)18)6-7-11(16)20-2/h9-10H,3-8H2,1-2H3,(H,14,19)(H,17,18)/t10-/m1/s1. The van der Waals surface area contributed by atoms with Crippen LogP contribution >= 0.6 is 0 Å². The van der Waals surface area contributed by atoms with Crippen molar-refractivity contribution in [2.75, 3.05) is 20.2 Å². The van der Waals surface area contributed by atoms with Crippen LogP contribution in [0.15, 0.2) is 0 Å². The van der Waals surface area contributed by atoms with Crippen LogP contribution in [0.25, 0.3) is 0 Å². The van der Waals surface area contributed by atoms with Gasteiger partial charge in [-0.05, 0) is 32.1 Å². The second-order valence-corrected chi connectivity index (χ2v) is 4.94. The molecule has 0 unspecified atom stereocenters. The molecule has 114 valence electrons. The minimum atomic E-state index is -1.15. The van der Waals surface area contributed by atoms with Gasteiger partial charge in [-0.15, -0.1) is 0 Å². The monoisotopic (exact) mass is 286 g/mol. The summed E-state index contributed by atoms with van der Waals surface area (Å²) >= 11 is 0. The first-order valence-corrected chi connectivity index (χ1v) is 6.83. The van der Waals surface area contributed by atoms with Crippen LogP contribution in [0.1, 0.15) is 32.6 Å². The minimum absolute atomic E-state index is 0.0225. The fourth-order valence-electron chi connectivity index (χ4n) is 1.83. The number of methoxy groups -OCH3 is 1. The van der Waals surface area contributed by atoms with E-state index in [1.165, 1.54) is 7.11 Å². The van der Waals surface area contributed by atoms with Crippen LogP contribution < -0.4 is 5.32 Å². The molecule has 1 aliphatic rings. The van der Waals surface area contributed by atoms with E-state index in [1.807, 2.05) is 6.92 Å². The minimum Gasteiger partial charge on any atom is -0.480 e. The summed E-state index contributed by atoms with van der Waals surface area (Å²) < 4.78 is 4.46. The van der Waals surface area contributed by atoms with Crippen molar-refractivity contribution in [1.82, 2.24) is 10.2 Å². The Morgan fingerprint density at radius 2 is 2.05 bits per heavy atom. The average Bonchev–Trinajstić information content (AvgIpc) is 3.23. The third kappa shape index (κ3) is 5.46. The van der Waals surface area contributed by atoms with Gasteiger partial charge < -0.3 is 20.1 Å². The highest BCUT2D eigenvalue weighted by Gasteiger charge is 2.28. The normalized spacial score (nSPS) is 15.3. The highest BCUT2D eigenvalue weighted by atomic mass is 16.5. The van der Waals surface area contributed by atoms with Gasteiger partial charge in [-0.25, -0.2) is 9.59 Å². The predicted molar refractivity (Wildman–Crippen MR) is 71.2 cm³/mol. The Labute approximate surface area is 118 Å². The van der Waals surface area contributed by atoms with E-state index in [0.29, 0.717) is 19.0 Å². The number of carbonyl (C=O) groups excluding carboxylic acids is 2. The third-order valence-corrected chi connectivity index (χ3v) is 3.31. The summed E-state index contributed by atoms with van der Waals surface area (Å²) in [6.07, 6.45) is 2.22. The number of rotatable bonds is 8. The van der Waals surface area contributed by atoms with Crippen molar-refractivity contribution in [3.05, 3.63) is 0 Å². The lowest BCUT2D eigenvalue weighted by atomic mass is 10.1. The van der Waals surface area contributed by atoms with Gasteiger partial charge in [-0.2, -0.15) is 0 Å². The van der Waals surface area contributed by atoms with E-state index in [9.17, 15) is 14.4 Å². The van der Waals surface area contributed by atoms with Crippen molar-refractivity contribution in [2.45, 2.75) is 38.6 Å². The molecular formula is C13H22N2O5. The molecule has 0 spiro atoms. The van der Waals surface area contributed by atoms with Gasteiger partial charge in [0.05, 0.1) is 7.11 Å². The highest BCUT2D eigenvalue weighted by molar-refractivity contribution is 5.83. The van der Waals surface area contributed by atoms with Gasteiger partial charge >= 0.3 is 18.0 Å². The number of nitrogens with zero attached hydrogens (tertiary/aromatic N) is 1. The molecule has 0 saturated heterocycles. The van der Waals surface area contributed by atoms with Crippen molar-refractivity contribution in [1.29, 1.82) is 0 Å². The molecule has 20 heavy (non-hydrogen) atoms. The number of carboxylic acid groups (broad SMARTS) is 1. The quantitative estimate of drug-likeness (QED) is 0.644. The molecule has 1 saturated carbocycles. The predicted octanol–water partition coefficient (Wildman–Crippen LogP) is 0.834. The molecule has 2 N–H and O–H groups in total. The van der Waals surface area contributed by atoms with Gasteiger partial charge in [0.25, 0.3) is 0 Å². The van der Waals surface area contributed by atoms with E-state index >= 15 is 0 Å². The molecule has 0 aromatic heterocycles.